The van der Waals surface area contributed by atoms with Crippen LogP contribution in [0.15, 0.2) is 29.4 Å². The number of benzene rings is 1. The number of nitrogens with zero attached hydrogens (tertiary/aromatic N) is 4. The van der Waals surface area contributed by atoms with Gasteiger partial charge in [-0.15, -0.1) is 5.10 Å². The zero-order valence-corrected chi connectivity index (χ0v) is 15.3. The number of thioether (sulfide) groups is 1. The van der Waals surface area contributed by atoms with Gasteiger partial charge in [-0.1, -0.05) is 23.9 Å². The first-order valence-corrected chi connectivity index (χ1v) is 8.73. The molecule has 3 rings (SSSR count). The van der Waals surface area contributed by atoms with Gasteiger partial charge in [-0.3, -0.25) is 4.79 Å². The Balaban J connectivity index is 2.00. The predicted molar refractivity (Wildman–Crippen MR) is 96.2 cm³/mol. The van der Waals surface area contributed by atoms with E-state index in [1.165, 1.54) is 11.8 Å². The molecule has 6 nitrogen and oxygen atoms in total. The monoisotopic (exact) mass is 343 g/mol. The van der Waals surface area contributed by atoms with E-state index in [0.717, 1.165) is 16.6 Å². The van der Waals surface area contributed by atoms with Gasteiger partial charge in [-0.05, 0) is 46.8 Å². The normalized spacial score (nSPS) is 13.4. The molecular weight excluding hydrogens is 322 g/mol. The quantitative estimate of drug-likeness (QED) is 0.585. The third-order valence-corrected chi connectivity index (χ3v) is 4.45. The van der Waals surface area contributed by atoms with Gasteiger partial charge in [0.05, 0.1) is 10.8 Å². The summed E-state index contributed by atoms with van der Waals surface area (Å²) < 4.78 is 1.73. The van der Waals surface area contributed by atoms with E-state index < -0.39 is 0 Å². The summed E-state index contributed by atoms with van der Waals surface area (Å²) in [6.45, 7) is 9.63. The lowest BCUT2D eigenvalue weighted by molar-refractivity contribution is -0.121. The molecule has 1 N–H and O–H groups in total. The molecule has 3 aromatic rings. The van der Waals surface area contributed by atoms with E-state index in [1.807, 2.05) is 58.9 Å². The third-order valence-electron chi connectivity index (χ3n) is 3.40. The number of aromatic nitrogens is 4. The number of carbonyl (C=O) groups is 1. The van der Waals surface area contributed by atoms with E-state index in [2.05, 4.69) is 20.4 Å². The number of para-hydroxylation sites is 1. The minimum atomic E-state index is -0.286. The summed E-state index contributed by atoms with van der Waals surface area (Å²) in [7, 11) is 0. The molecule has 2 heterocycles. The van der Waals surface area contributed by atoms with Crippen LogP contribution in [0.5, 0.6) is 0 Å². The van der Waals surface area contributed by atoms with Crippen LogP contribution < -0.4 is 5.32 Å². The van der Waals surface area contributed by atoms with Crippen molar-refractivity contribution in [2.75, 3.05) is 0 Å². The topological polar surface area (TPSA) is 72.2 Å². The summed E-state index contributed by atoms with van der Waals surface area (Å²) in [5.41, 5.74) is 1.36. The summed E-state index contributed by atoms with van der Waals surface area (Å²) >= 11 is 1.39. The number of hydrogen-bond donors (Lipinski definition) is 1. The van der Waals surface area contributed by atoms with E-state index in [1.54, 1.807) is 4.52 Å². The second kappa shape index (κ2) is 6.05. The summed E-state index contributed by atoms with van der Waals surface area (Å²) in [4.78, 5) is 21.6. The minimum absolute atomic E-state index is 0.0209. The minimum Gasteiger partial charge on any atom is -0.351 e. The predicted octanol–water partition coefficient (Wildman–Crippen LogP) is 2.98. The van der Waals surface area contributed by atoms with Crippen molar-refractivity contribution in [1.29, 1.82) is 0 Å². The zero-order chi connectivity index (χ0) is 17.5. The summed E-state index contributed by atoms with van der Waals surface area (Å²) in [5.74, 6) is 0.661. The largest absolute Gasteiger partial charge is 0.351 e. The van der Waals surface area contributed by atoms with Crippen molar-refractivity contribution >= 4 is 34.2 Å². The first-order valence-electron chi connectivity index (χ1n) is 7.85. The Kier molecular flexibility index (Phi) is 4.21. The van der Waals surface area contributed by atoms with Gasteiger partial charge in [0.25, 0.3) is 0 Å². The van der Waals surface area contributed by atoms with Crippen LogP contribution in [0.25, 0.3) is 16.6 Å². The van der Waals surface area contributed by atoms with Crippen molar-refractivity contribution in [3.63, 3.8) is 0 Å². The second-order valence-electron chi connectivity index (χ2n) is 6.81. The van der Waals surface area contributed by atoms with E-state index in [0.29, 0.717) is 11.0 Å². The SMILES string of the molecule is Cc1nc2c3ccccc3nc(S[C@@H](C)C(=O)NC(C)(C)C)n2n1. The number of rotatable bonds is 3. The maximum Gasteiger partial charge on any atom is 0.233 e. The molecule has 0 aliphatic rings. The van der Waals surface area contributed by atoms with Gasteiger partial charge in [-0.25, -0.2) is 9.97 Å². The Morgan fingerprint density at radius 3 is 2.67 bits per heavy atom. The van der Waals surface area contributed by atoms with Crippen LogP contribution >= 0.6 is 11.8 Å². The van der Waals surface area contributed by atoms with Crippen LogP contribution in [0.3, 0.4) is 0 Å². The second-order valence-corrected chi connectivity index (χ2v) is 8.11. The smallest absolute Gasteiger partial charge is 0.233 e. The van der Waals surface area contributed by atoms with E-state index in [4.69, 9.17) is 0 Å². The number of amides is 1. The first-order chi connectivity index (χ1) is 11.2. The highest BCUT2D eigenvalue weighted by Gasteiger charge is 2.22. The average Bonchev–Trinajstić information content (AvgIpc) is 2.87. The molecule has 0 saturated carbocycles. The molecule has 0 aliphatic heterocycles. The van der Waals surface area contributed by atoms with Crippen LogP contribution in [0.1, 0.15) is 33.5 Å². The average molecular weight is 343 g/mol. The number of hydrogen-bond acceptors (Lipinski definition) is 5. The van der Waals surface area contributed by atoms with Crippen molar-refractivity contribution in [2.45, 2.75) is 50.6 Å². The Labute approximate surface area is 145 Å². The molecule has 0 spiro atoms. The van der Waals surface area contributed by atoms with Gasteiger partial charge in [-0.2, -0.15) is 4.52 Å². The highest BCUT2D eigenvalue weighted by molar-refractivity contribution is 8.00. The summed E-state index contributed by atoms with van der Waals surface area (Å²) in [6, 6.07) is 7.83. The van der Waals surface area contributed by atoms with Crippen LogP contribution in [0.2, 0.25) is 0 Å². The van der Waals surface area contributed by atoms with Gasteiger partial charge in [0, 0.05) is 10.9 Å². The molecule has 24 heavy (non-hydrogen) atoms. The van der Waals surface area contributed by atoms with Crippen molar-refractivity contribution in [1.82, 2.24) is 24.9 Å². The Morgan fingerprint density at radius 2 is 1.96 bits per heavy atom. The Morgan fingerprint density at radius 1 is 1.25 bits per heavy atom. The Bertz CT molecular complexity index is 912. The van der Waals surface area contributed by atoms with Crippen LogP contribution in [0.4, 0.5) is 0 Å². The van der Waals surface area contributed by atoms with E-state index >= 15 is 0 Å². The molecule has 0 bridgehead atoms. The zero-order valence-electron chi connectivity index (χ0n) is 14.5. The lowest BCUT2D eigenvalue weighted by atomic mass is 10.1. The van der Waals surface area contributed by atoms with Crippen molar-refractivity contribution in [2.24, 2.45) is 0 Å². The van der Waals surface area contributed by atoms with Crippen LogP contribution in [0, 0.1) is 6.92 Å². The molecular formula is C17H21N5OS. The molecule has 1 aromatic carbocycles. The lowest BCUT2D eigenvalue weighted by Gasteiger charge is -2.22. The van der Waals surface area contributed by atoms with Gasteiger partial charge >= 0.3 is 0 Å². The number of nitrogens with one attached hydrogen (secondary N) is 1. The molecule has 0 aliphatic carbocycles. The van der Waals surface area contributed by atoms with Gasteiger partial charge in [0.15, 0.2) is 10.8 Å². The maximum atomic E-state index is 12.4. The van der Waals surface area contributed by atoms with Gasteiger partial charge < -0.3 is 5.32 Å². The lowest BCUT2D eigenvalue weighted by Crippen LogP contribution is -2.44. The van der Waals surface area contributed by atoms with E-state index in [9.17, 15) is 4.79 Å². The van der Waals surface area contributed by atoms with Crippen LogP contribution in [-0.2, 0) is 4.79 Å². The molecule has 1 amide bonds. The summed E-state index contributed by atoms with van der Waals surface area (Å²) in [5, 5.41) is 8.77. The highest BCUT2D eigenvalue weighted by Crippen LogP contribution is 2.26. The molecule has 2 aromatic heterocycles. The third kappa shape index (κ3) is 3.36. The maximum absolute atomic E-state index is 12.4. The fourth-order valence-electron chi connectivity index (χ4n) is 2.39. The molecule has 0 saturated heterocycles. The summed E-state index contributed by atoms with van der Waals surface area (Å²) in [6.07, 6.45) is 0. The standard InChI is InChI=1S/C17H21N5OS/c1-10(15(23)20-17(3,4)5)24-16-19-13-9-7-6-8-12(13)14-18-11(2)21-22(14)16/h6-10H,1-5H3,(H,20,23)/t10-/m0/s1. The Hall–Kier alpha value is -2.15. The number of carbonyl (C=O) groups excluding carboxylic acids is 1. The number of aryl methyl sites for hydroxylation is 1. The molecule has 7 heteroatoms. The molecule has 0 radical (unpaired) electrons. The molecule has 0 fully saturated rings. The molecule has 0 unspecified atom stereocenters. The van der Waals surface area contributed by atoms with Gasteiger partial charge in [0.1, 0.15) is 5.82 Å². The highest BCUT2D eigenvalue weighted by atomic mass is 32.2. The fraction of sp³-hybridized carbons (Fsp3) is 0.412. The van der Waals surface area contributed by atoms with Gasteiger partial charge in [0.2, 0.25) is 5.91 Å². The van der Waals surface area contributed by atoms with Crippen molar-refractivity contribution in [3.05, 3.63) is 30.1 Å². The van der Waals surface area contributed by atoms with Crippen LogP contribution in [-0.4, -0.2) is 36.3 Å². The van der Waals surface area contributed by atoms with E-state index in [-0.39, 0.29) is 16.7 Å². The van der Waals surface area contributed by atoms with Crippen molar-refractivity contribution in [3.8, 4) is 0 Å². The van der Waals surface area contributed by atoms with Crippen molar-refractivity contribution < 1.29 is 4.79 Å². The fourth-order valence-corrected chi connectivity index (χ4v) is 3.25. The molecule has 126 valence electrons. The first kappa shape index (κ1) is 16.7. The molecule has 1 atom stereocenters. The number of fused-ring (bicyclic) bond motifs is 3.